The fourth-order valence-corrected chi connectivity index (χ4v) is 3.49. The van der Waals surface area contributed by atoms with Crippen molar-refractivity contribution >= 4 is 34.3 Å². The number of aryl methyl sites for hydroxylation is 1. The lowest BCUT2D eigenvalue weighted by atomic mass is 10.1. The fourth-order valence-electron chi connectivity index (χ4n) is 2.21. The van der Waals surface area contributed by atoms with Crippen molar-refractivity contribution in [1.82, 2.24) is 0 Å². The summed E-state index contributed by atoms with van der Waals surface area (Å²) in [5, 5.41) is 6.46. The highest BCUT2D eigenvalue weighted by molar-refractivity contribution is 7.10. The summed E-state index contributed by atoms with van der Waals surface area (Å²) in [6.45, 7) is 4.33. The number of benzene rings is 1. The van der Waals surface area contributed by atoms with Crippen LogP contribution in [0.4, 0.5) is 11.4 Å². The van der Waals surface area contributed by atoms with Crippen molar-refractivity contribution in [2.24, 2.45) is 0 Å². The molecule has 0 aliphatic heterocycles. The van der Waals surface area contributed by atoms with Crippen LogP contribution in [0, 0.1) is 6.92 Å². The first-order valence-electron chi connectivity index (χ1n) is 6.27. The molecule has 0 fully saturated rings. The van der Waals surface area contributed by atoms with E-state index in [1.54, 1.807) is 11.3 Å². The van der Waals surface area contributed by atoms with E-state index in [1.165, 1.54) is 10.4 Å². The Bertz CT molecular complexity index is 563. The van der Waals surface area contributed by atoms with Gasteiger partial charge in [-0.3, -0.25) is 0 Å². The van der Waals surface area contributed by atoms with Gasteiger partial charge in [-0.15, -0.1) is 11.3 Å². The first-order valence-corrected chi connectivity index (χ1v) is 7.53. The topological polar surface area (TPSA) is 15.3 Å². The highest BCUT2D eigenvalue weighted by Crippen LogP contribution is 2.35. The largest absolute Gasteiger partial charge is 0.376 e. The molecule has 1 heterocycles. The predicted octanol–water partition coefficient (Wildman–Crippen LogP) is 4.95. The molecule has 2 rings (SSSR count). The smallest absolute Gasteiger partial charge is 0.0786 e. The van der Waals surface area contributed by atoms with Gasteiger partial charge in [0, 0.05) is 19.0 Å². The SMILES string of the molecule is Cc1ccsc1C(C)Nc1cccc(Cl)c1N(C)C. The number of hydrogen-bond acceptors (Lipinski definition) is 3. The first kappa shape index (κ1) is 14.2. The third-order valence-corrected chi connectivity index (χ3v) is 4.61. The van der Waals surface area contributed by atoms with Gasteiger partial charge in [0.1, 0.15) is 0 Å². The third-order valence-electron chi connectivity index (χ3n) is 3.10. The Hall–Kier alpha value is -1.19. The Morgan fingerprint density at radius 2 is 2.00 bits per heavy atom. The van der Waals surface area contributed by atoms with Crippen LogP contribution in [0.25, 0.3) is 0 Å². The van der Waals surface area contributed by atoms with Crippen molar-refractivity contribution in [3.8, 4) is 0 Å². The van der Waals surface area contributed by atoms with Gasteiger partial charge in [0.25, 0.3) is 0 Å². The predicted molar refractivity (Wildman–Crippen MR) is 86.9 cm³/mol. The van der Waals surface area contributed by atoms with Crippen molar-refractivity contribution in [2.45, 2.75) is 19.9 Å². The van der Waals surface area contributed by atoms with Crippen LogP contribution in [0.3, 0.4) is 0 Å². The molecule has 0 bridgehead atoms. The first-order chi connectivity index (χ1) is 9.00. The summed E-state index contributed by atoms with van der Waals surface area (Å²) in [4.78, 5) is 3.41. The zero-order valence-electron chi connectivity index (χ0n) is 11.7. The second kappa shape index (κ2) is 5.85. The normalized spacial score (nSPS) is 12.3. The number of anilines is 2. The van der Waals surface area contributed by atoms with Crippen LogP contribution in [0.5, 0.6) is 0 Å². The minimum Gasteiger partial charge on any atom is -0.376 e. The summed E-state index contributed by atoms with van der Waals surface area (Å²) < 4.78 is 0. The van der Waals surface area contributed by atoms with Crippen molar-refractivity contribution < 1.29 is 0 Å². The van der Waals surface area contributed by atoms with Gasteiger partial charge in [0.15, 0.2) is 0 Å². The average Bonchev–Trinajstić information content (AvgIpc) is 2.75. The van der Waals surface area contributed by atoms with Gasteiger partial charge < -0.3 is 10.2 Å². The Kier molecular flexibility index (Phi) is 4.38. The Morgan fingerprint density at radius 3 is 2.58 bits per heavy atom. The molecule has 2 nitrogen and oxygen atoms in total. The Morgan fingerprint density at radius 1 is 1.26 bits per heavy atom. The molecule has 0 aliphatic carbocycles. The molecule has 1 aromatic carbocycles. The van der Waals surface area contributed by atoms with Gasteiger partial charge in [0.2, 0.25) is 0 Å². The maximum Gasteiger partial charge on any atom is 0.0786 e. The van der Waals surface area contributed by atoms with Crippen LogP contribution in [-0.4, -0.2) is 14.1 Å². The lowest BCUT2D eigenvalue weighted by molar-refractivity contribution is 0.897. The van der Waals surface area contributed by atoms with E-state index in [-0.39, 0.29) is 6.04 Å². The number of nitrogens with zero attached hydrogens (tertiary/aromatic N) is 1. The van der Waals surface area contributed by atoms with E-state index in [0.717, 1.165) is 16.4 Å². The van der Waals surface area contributed by atoms with Crippen LogP contribution in [0.2, 0.25) is 5.02 Å². The molecule has 2 aromatic rings. The van der Waals surface area contributed by atoms with E-state index in [0.29, 0.717) is 0 Å². The van der Waals surface area contributed by atoms with E-state index in [4.69, 9.17) is 11.6 Å². The number of hydrogen-bond donors (Lipinski definition) is 1. The molecular formula is C15H19ClN2S. The van der Waals surface area contributed by atoms with Crippen LogP contribution in [0.15, 0.2) is 29.6 Å². The van der Waals surface area contributed by atoms with Crippen molar-refractivity contribution in [2.75, 3.05) is 24.3 Å². The maximum absolute atomic E-state index is 6.28. The van der Waals surface area contributed by atoms with Crippen molar-refractivity contribution in [3.63, 3.8) is 0 Å². The second-order valence-corrected chi connectivity index (χ2v) is 6.22. The zero-order valence-corrected chi connectivity index (χ0v) is 13.3. The van der Waals surface area contributed by atoms with Crippen LogP contribution >= 0.6 is 22.9 Å². The van der Waals surface area contributed by atoms with E-state index in [1.807, 2.05) is 31.1 Å². The quantitative estimate of drug-likeness (QED) is 0.858. The summed E-state index contributed by atoms with van der Waals surface area (Å²) in [5.41, 5.74) is 3.43. The number of thiophene rings is 1. The monoisotopic (exact) mass is 294 g/mol. The van der Waals surface area contributed by atoms with E-state index >= 15 is 0 Å². The number of para-hydroxylation sites is 1. The highest BCUT2D eigenvalue weighted by atomic mass is 35.5. The molecule has 1 unspecified atom stereocenters. The second-order valence-electron chi connectivity index (χ2n) is 4.86. The summed E-state index contributed by atoms with van der Waals surface area (Å²) in [5.74, 6) is 0. The molecule has 0 radical (unpaired) electrons. The molecule has 0 aliphatic rings. The summed E-state index contributed by atoms with van der Waals surface area (Å²) in [7, 11) is 4.01. The average molecular weight is 295 g/mol. The van der Waals surface area contributed by atoms with Crippen LogP contribution < -0.4 is 10.2 Å². The zero-order chi connectivity index (χ0) is 14.0. The summed E-state index contributed by atoms with van der Waals surface area (Å²) >= 11 is 8.07. The number of halogens is 1. The van der Waals surface area contributed by atoms with E-state index in [9.17, 15) is 0 Å². The lowest BCUT2D eigenvalue weighted by Crippen LogP contribution is -2.14. The molecule has 1 N–H and O–H groups in total. The highest BCUT2D eigenvalue weighted by Gasteiger charge is 2.14. The Labute approximate surface area is 124 Å². The van der Waals surface area contributed by atoms with Gasteiger partial charge in [-0.25, -0.2) is 0 Å². The van der Waals surface area contributed by atoms with E-state index in [2.05, 4.69) is 36.7 Å². The third kappa shape index (κ3) is 3.04. The van der Waals surface area contributed by atoms with Crippen molar-refractivity contribution in [3.05, 3.63) is 45.1 Å². The maximum atomic E-state index is 6.28. The molecule has 1 atom stereocenters. The Balaban J connectivity index is 2.29. The number of rotatable bonds is 4. The van der Waals surface area contributed by atoms with Gasteiger partial charge >= 0.3 is 0 Å². The molecule has 0 saturated heterocycles. The van der Waals surface area contributed by atoms with Gasteiger partial charge in [0.05, 0.1) is 22.4 Å². The fraction of sp³-hybridized carbons (Fsp3) is 0.333. The van der Waals surface area contributed by atoms with Crippen LogP contribution in [-0.2, 0) is 0 Å². The van der Waals surface area contributed by atoms with Gasteiger partial charge in [-0.1, -0.05) is 17.7 Å². The molecule has 102 valence electrons. The van der Waals surface area contributed by atoms with Gasteiger partial charge in [-0.05, 0) is 43.0 Å². The molecular weight excluding hydrogens is 276 g/mol. The molecule has 0 amide bonds. The molecule has 0 saturated carbocycles. The van der Waals surface area contributed by atoms with Crippen LogP contribution in [0.1, 0.15) is 23.4 Å². The minimum atomic E-state index is 0.275. The standard InChI is InChI=1S/C15H19ClN2S/c1-10-8-9-19-15(10)11(2)17-13-7-5-6-12(16)14(13)18(3)4/h5-9,11,17H,1-4H3. The molecule has 1 aromatic heterocycles. The summed E-state index contributed by atoms with van der Waals surface area (Å²) in [6, 6.07) is 8.40. The molecule has 0 spiro atoms. The summed E-state index contributed by atoms with van der Waals surface area (Å²) in [6.07, 6.45) is 0. The molecule has 4 heteroatoms. The van der Waals surface area contributed by atoms with Gasteiger partial charge in [-0.2, -0.15) is 0 Å². The van der Waals surface area contributed by atoms with Crippen molar-refractivity contribution in [1.29, 1.82) is 0 Å². The lowest BCUT2D eigenvalue weighted by Gasteiger charge is -2.23. The molecule has 19 heavy (non-hydrogen) atoms. The van der Waals surface area contributed by atoms with E-state index < -0.39 is 0 Å². The minimum absolute atomic E-state index is 0.275. The number of nitrogens with one attached hydrogen (secondary N) is 1.